The smallest absolute Gasteiger partial charge is 0.166 e. The lowest BCUT2D eigenvalue weighted by Gasteiger charge is -2.05. The van der Waals surface area contributed by atoms with Crippen molar-refractivity contribution in [3.8, 4) is 0 Å². The van der Waals surface area contributed by atoms with Gasteiger partial charge in [0.1, 0.15) is 0 Å². The molecule has 15 heavy (non-hydrogen) atoms. The number of halogens is 3. The van der Waals surface area contributed by atoms with Crippen LogP contribution in [0, 0.1) is 5.82 Å². The standard InChI is InChI=1S/C10H13Cl2FN2/c11-4-2-1-3-5-14-10-9(13)6-8(12)7-15-10/h6-7H,1-5H2,(H,14,15). The molecule has 0 atom stereocenters. The number of hydrogen-bond acceptors (Lipinski definition) is 2. The third kappa shape index (κ3) is 4.67. The van der Waals surface area contributed by atoms with Gasteiger partial charge in [0.25, 0.3) is 0 Å². The van der Waals surface area contributed by atoms with Crippen LogP contribution in [0.3, 0.4) is 0 Å². The first-order valence-corrected chi connectivity index (χ1v) is 5.76. The zero-order valence-corrected chi connectivity index (χ0v) is 9.78. The van der Waals surface area contributed by atoms with Crippen molar-refractivity contribution in [1.29, 1.82) is 0 Å². The Morgan fingerprint density at radius 2 is 2.13 bits per heavy atom. The zero-order valence-electron chi connectivity index (χ0n) is 8.27. The summed E-state index contributed by atoms with van der Waals surface area (Å²) in [6.45, 7) is 0.697. The maximum atomic E-state index is 13.2. The molecule has 0 saturated carbocycles. The average Bonchev–Trinajstić information content (AvgIpc) is 2.20. The molecular weight excluding hydrogens is 238 g/mol. The van der Waals surface area contributed by atoms with Gasteiger partial charge in [-0.05, 0) is 18.9 Å². The molecule has 0 aliphatic carbocycles. The van der Waals surface area contributed by atoms with E-state index in [-0.39, 0.29) is 5.82 Å². The predicted octanol–water partition coefficient (Wildman–Crippen LogP) is 3.70. The van der Waals surface area contributed by atoms with Crippen LogP contribution in [0.4, 0.5) is 10.2 Å². The molecule has 1 aromatic rings. The lowest BCUT2D eigenvalue weighted by atomic mass is 10.2. The van der Waals surface area contributed by atoms with E-state index in [4.69, 9.17) is 23.2 Å². The Kier molecular flexibility index (Phi) is 5.73. The SMILES string of the molecule is Fc1cc(Cl)cnc1NCCCCCCl. The van der Waals surface area contributed by atoms with E-state index < -0.39 is 5.82 Å². The molecule has 1 heterocycles. The monoisotopic (exact) mass is 250 g/mol. The van der Waals surface area contributed by atoms with E-state index in [1.807, 2.05) is 0 Å². The van der Waals surface area contributed by atoms with E-state index in [2.05, 4.69) is 10.3 Å². The van der Waals surface area contributed by atoms with E-state index in [0.29, 0.717) is 17.4 Å². The highest BCUT2D eigenvalue weighted by Gasteiger charge is 2.02. The van der Waals surface area contributed by atoms with Gasteiger partial charge in [-0.15, -0.1) is 11.6 Å². The van der Waals surface area contributed by atoms with Crippen LogP contribution in [0.15, 0.2) is 12.3 Å². The van der Waals surface area contributed by atoms with Crippen LogP contribution >= 0.6 is 23.2 Å². The van der Waals surface area contributed by atoms with E-state index in [1.165, 1.54) is 12.3 Å². The Morgan fingerprint density at radius 1 is 1.33 bits per heavy atom. The van der Waals surface area contributed by atoms with Gasteiger partial charge < -0.3 is 5.32 Å². The van der Waals surface area contributed by atoms with E-state index in [0.717, 1.165) is 19.3 Å². The molecule has 0 bridgehead atoms. The number of nitrogens with one attached hydrogen (secondary N) is 1. The Bertz CT molecular complexity index is 307. The van der Waals surface area contributed by atoms with Crippen molar-refractivity contribution < 1.29 is 4.39 Å². The number of unbranched alkanes of at least 4 members (excludes halogenated alkanes) is 2. The van der Waals surface area contributed by atoms with Crippen LogP contribution < -0.4 is 5.32 Å². The van der Waals surface area contributed by atoms with Crippen LogP contribution in [0.2, 0.25) is 5.02 Å². The quantitative estimate of drug-likeness (QED) is 0.616. The number of nitrogens with zero attached hydrogens (tertiary/aromatic N) is 1. The Labute approximate surface area is 98.8 Å². The predicted molar refractivity (Wildman–Crippen MR) is 62.3 cm³/mol. The minimum atomic E-state index is -0.417. The van der Waals surface area contributed by atoms with Gasteiger partial charge in [0.2, 0.25) is 0 Å². The van der Waals surface area contributed by atoms with Gasteiger partial charge in [0.05, 0.1) is 5.02 Å². The molecule has 1 rings (SSSR count). The molecule has 0 aliphatic heterocycles. The van der Waals surface area contributed by atoms with Crippen LogP contribution in [-0.4, -0.2) is 17.4 Å². The van der Waals surface area contributed by atoms with Gasteiger partial charge in [-0.25, -0.2) is 9.37 Å². The molecule has 0 unspecified atom stereocenters. The van der Waals surface area contributed by atoms with E-state index >= 15 is 0 Å². The molecule has 1 N–H and O–H groups in total. The molecule has 1 aromatic heterocycles. The first-order chi connectivity index (χ1) is 7.24. The zero-order chi connectivity index (χ0) is 11.1. The third-order valence-electron chi connectivity index (χ3n) is 1.91. The molecule has 84 valence electrons. The lowest BCUT2D eigenvalue weighted by molar-refractivity contribution is 0.623. The van der Waals surface area contributed by atoms with Gasteiger partial charge in [-0.3, -0.25) is 0 Å². The fourth-order valence-electron chi connectivity index (χ4n) is 1.15. The topological polar surface area (TPSA) is 24.9 Å². The summed E-state index contributed by atoms with van der Waals surface area (Å²) in [6, 6.07) is 1.25. The highest BCUT2D eigenvalue weighted by molar-refractivity contribution is 6.30. The number of rotatable bonds is 6. The molecule has 0 saturated heterocycles. The highest BCUT2D eigenvalue weighted by atomic mass is 35.5. The highest BCUT2D eigenvalue weighted by Crippen LogP contribution is 2.15. The summed E-state index contributed by atoms with van der Waals surface area (Å²) >= 11 is 11.1. The van der Waals surface area contributed by atoms with Gasteiger partial charge in [-0.1, -0.05) is 18.0 Å². The van der Waals surface area contributed by atoms with Crippen LogP contribution in [0.25, 0.3) is 0 Å². The van der Waals surface area contributed by atoms with Crippen LogP contribution in [0.1, 0.15) is 19.3 Å². The molecule has 0 spiro atoms. The molecular formula is C10H13Cl2FN2. The molecule has 5 heteroatoms. The molecule has 0 aliphatic rings. The van der Waals surface area contributed by atoms with Crippen molar-refractivity contribution in [3.63, 3.8) is 0 Å². The Morgan fingerprint density at radius 3 is 2.80 bits per heavy atom. The number of hydrogen-bond donors (Lipinski definition) is 1. The van der Waals surface area contributed by atoms with Crippen molar-refractivity contribution in [3.05, 3.63) is 23.1 Å². The first kappa shape index (κ1) is 12.5. The average molecular weight is 251 g/mol. The molecule has 0 aromatic carbocycles. The summed E-state index contributed by atoms with van der Waals surface area (Å²) in [4.78, 5) is 3.85. The summed E-state index contributed by atoms with van der Waals surface area (Å²) < 4.78 is 13.2. The molecule has 0 radical (unpaired) electrons. The summed E-state index contributed by atoms with van der Waals surface area (Å²) in [5, 5.41) is 3.22. The second kappa shape index (κ2) is 6.85. The minimum Gasteiger partial charge on any atom is -0.368 e. The lowest BCUT2D eigenvalue weighted by Crippen LogP contribution is -2.05. The van der Waals surface area contributed by atoms with Gasteiger partial charge in [0.15, 0.2) is 11.6 Å². The van der Waals surface area contributed by atoms with Crippen molar-refractivity contribution in [2.75, 3.05) is 17.7 Å². The maximum absolute atomic E-state index is 13.2. The van der Waals surface area contributed by atoms with Crippen LogP contribution in [0.5, 0.6) is 0 Å². The Hall–Kier alpha value is -0.540. The Balaban J connectivity index is 2.31. The van der Waals surface area contributed by atoms with E-state index in [1.54, 1.807) is 0 Å². The van der Waals surface area contributed by atoms with E-state index in [9.17, 15) is 4.39 Å². The number of pyridine rings is 1. The largest absolute Gasteiger partial charge is 0.368 e. The fourth-order valence-corrected chi connectivity index (χ4v) is 1.48. The second-order valence-corrected chi connectivity index (χ2v) is 3.97. The summed E-state index contributed by atoms with van der Waals surface area (Å²) in [6.07, 6.45) is 4.40. The normalized spacial score (nSPS) is 10.3. The van der Waals surface area contributed by atoms with Crippen molar-refractivity contribution >= 4 is 29.0 Å². The summed E-state index contributed by atoms with van der Waals surface area (Å²) in [5.74, 6) is 0.512. The second-order valence-electron chi connectivity index (χ2n) is 3.16. The van der Waals surface area contributed by atoms with Gasteiger partial charge in [0, 0.05) is 18.6 Å². The molecule has 0 fully saturated rings. The maximum Gasteiger partial charge on any atom is 0.166 e. The van der Waals surface area contributed by atoms with Crippen molar-refractivity contribution in [2.24, 2.45) is 0 Å². The first-order valence-electron chi connectivity index (χ1n) is 4.85. The molecule has 2 nitrogen and oxygen atoms in total. The number of anilines is 1. The molecule has 0 amide bonds. The minimum absolute atomic E-state index is 0.255. The van der Waals surface area contributed by atoms with Crippen molar-refractivity contribution in [1.82, 2.24) is 4.98 Å². The summed E-state index contributed by atoms with van der Waals surface area (Å²) in [7, 11) is 0. The fraction of sp³-hybridized carbons (Fsp3) is 0.500. The van der Waals surface area contributed by atoms with Crippen molar-refractivity contribution in [2.45, 2.75) is 19.3 Å². The third-order valence-corrected chi connectivity index (χ3v) is 2.38. The van der Waals surface area contributed by atoms with Crippen LogP contribution in [-0.2, 0) is 0 Å². The number of alkyl halides is 1. The number of aromatic nitrogens is 1. The van der Waals surface area contributed by atoms with Gasteiger partial charge in [-0.2, -0.15) is 0 Å². The van der Waals surface area contributed by atoms with Gasteiger partial charge >= 0.3 is 0 Å². The summed E-state index contributed by atoms with van der Waals surface area (Å²) in [5.41, 5.74) is 0.